The summed E-state index contributed by atoms with van der Waals surface area (Å²) in [5.41, 5.74) is 14.7. The molecule has 1 atom stereocenters. The van der Waals surface area contributed by atoms with Crippen LogP contribution in [-0.2, 0) is 51.8 Å². The van der Waals surface area contributed by atoms with Gasteiger partial charge in [-0.05, 0) is 86.0 Å². The maximum Gasteiger partial charge on any atom is 0.225 e. The van der Waals surface area contributed by atoms with Gasteiger partial charge in [0.25, 0.3) is 0 Å². The van der Waals surface area contributed by atoms with Crippen molar-refractivity contribution in [3.05, 3.63) is 166 Å². The Bertz CT molecular complexity index is 4350. The van der Waals surface area contributed by atoms with Crippen LogP contribution in [0.1, 0.15) is 39.0 Å². The topological polar surface area (TPSA) is 245 Å². The number of nitrogens with one attached hydrogen (secondary N) is 2. The number of anilines is 1. The SMILES string of the molecule is Cn1cc(-c2cccc(-c3ncc(-c4cnn(C)c4)c(NCC4CCNCC4)n3)c2)cn1.Cn1cc(-c2cccc(-c3ncc(-c4cnn(C)c4)c(OCC4(C)COC4)n3)c2)cn1.Cn1cc(-c2cccc(-c3ncc(-c4cnn(C)c4)c(OCC4CCCCO4)n3)c2)cn1. The van der Waals surface area contributed by atoms with Gasteiger partial charge in [0, 0.05) is 172 Å². The van der Waals surface area contributed by atoms with Gasteiger partial charge in [-0.15, -0.1) is 0 Å². The zero-order chi connectivity index (χ0) is 65.3. The van der Waals surface area contributed by atoms with E-state index in [1.807, 2.05) is 158 Å². The van der Waals surface area contributed by atoms with Crippen LogP contribution < -0.4 is 20.1 Å². The molecule has 0 bridgehead atoms. The molecule has 3 aliphatic rings. The minimum absolute atomic E-state index is 0.0115. The Morgan fingerprint density at radius 2 is 0.884 bits per heavy atom. The number of nitrogens with zero attached hydrogens (tertiary/aromatic N) is 18. The molecule has 15 rings (SSSR count). The molecule has 24 nitrogen and oxygen atoms in total. The van der Waals surface area contributed by atoms with Gasteiger partial charge in [0.15, 0.2) is 17.5 Å². The fourth-order valence-electron chi connectivity index (χ4n) is 11.6. The Kier molecular flexibility index (Phi) is 19.1. The predicted octanol–water partition coefficient (Wildman–Crippen LogP) is 10.6. The van der Waals surface area contributed by atoms with E-state index in [1.165, 1.54) is 19.3 Å². The number of hydrogen-bond donors (Lipinski definition) is 2. The zero-order valence-electron chi connectivity index (χ0n) is 54.6. The number of rotatable bonds is 18. The minimum atomic E-state index is 0.0115. The first kappa shape index (κ1) is 63.2. The Balaban J connectivity index is 0.000000129. The molecule has 1 unspecified atom stereocenters. The Labute approximate surface area is 551 Å². The van der Waals surface area contributed by atoms with Gasteiger partial charge in [0.1, 0.15) is 12.4 Å². The number of benzene rings is 3. The Morgan fingerprint density at radius 3 is 1.29 bits per heavy atom. The molecule has 0 radical (unpaired) electrons. The second-order valence-corrected chi connectivity index (χ2v) is 24.9. The molecule has 95 heavy (non-hydrogen) atoms. The molecule has 3 fully saturated rings. The van der Waals surface area contributed by atoms with Crippen LogP contribution in [0, 0.1) is 11.3 Å². The normalized spacial score (nSPS) is 15.3. The van der Waals surface area contributed by atoms with Crippen molar-refractivity contribution in [2.45, 2.75) is 45.1 Å². The summed E-state index contributed by atoms with van der Waals surface area (Å²) in [5.74, 6) is 4.53. The van der Waals surface area contributed by atoms with Crippen molar-refractivity contribution in [3.63, 3.8) is 0 Å². The zero-order valence-corrected chi connectivity index (χ0v) is 54.6. The maximum atomic E-state index is 6.21. The predicted molar refractivity (Wildman–Crippen MR) is 363 cm³/mol. The van der Waals surface area contributed by atoms with E-state index in [-0.39, 0.29) is 11.5 Å². The van der Waals surface area contributed by atoms with Crippen LogP contribution >= 0.6 is 0 Å². The molecular weight excluding hydrogens is 1200 g/mol. The quantitative estimate of drug-likeness (QED) is 0.0811. The lowest BCUT2D eigenvalue weighted by atomic mass is 9.90. The summed E-state index contributed by atoms with van der Waals surface area (Å²) in [6, 6.07) is 24.6. The molecular formula is C71H78N20O4. The molecule has 0 saturated carbocycles. The highest BCUT2D eigenvalue weighted by Gasteiger charge is 2.35. The first-order chi connectivity index (χ1) is 46.3. The molecule has 12 heterocycles. The van der Waals surface area contributed by atoms with Gasteiger partial charge < -0.3 is 29.6 Å². The monoisotopic (exact) mass is 1270 g/mol. The number of hydrogen-bond acceptors (Lipinski definition) is 18. The van der Waals surface area contributed by atoms with E-state index in [0.717, 1.165) is 128 Å². The number of aromatic nitrogens is 18. The lowest BCUT2D eigenvalue weighted by Crippen LogP contribution is -2.44. The third-order valence-corrected chi connectivity index (χ3v) is 17.0. The van der Waals surface area contributed by atoms with Crippen molar-refractivity contribution in [3.8, 4) is 113 Å². The molecule has 12 aromatic rings. The Morgan fingerprint density at radius 1 is 0.474 bits per heavy atom. The Hall–Kier alpha value is -10.6. The molecule has 2 N–H and O–H groups in total. The minimum Gasteiger partial charge on any atom is -0.476 e. The van der Waals surface area contributed by atoms with Crippen molar-refractivity contribution < 1.29 is 18.9 Å². The van der Waals surface area contributed by atoms with Crippen LogP contribution in [0.3, 0.4) is 0 Å². The summed E-state index contributed by atoms with van der Waals surface area (Å²) in [6.07, 6.45) is 34.1. The summed E-state index contributed by atoms with van der Waals surface area (Å²) in [4.78, 5) is 28.6. The largest absolute Gasteiger partial charge is 0.476 e. The van der Waals surface area contributed by atoms with Gasteiger partial charge in [-0.3, -0.25) is 28.1 Å². The van der Waals surface area contributed by atoms with E-state index in [1.54, 1.807) is 35.8 Å². The number of ether oxygens (including phenoxy) is 4. The molecule has 3 saturated heterocycles. The smallest absolute Gasteiger partial charge is 0.225 e. The molecule has 3 aromatic carbocycles. The first-order valence-electron chi connectivity index (χ1n) is 32.1. The highest BCUT2D eigenvalue weighted by molar-refractivity contribution is 5.78. The van der Waals surface area contributed by atoms with Gasteiger partial charge in [-0.2, -0.15) is 40.6 Å². The van der Waals surface area contributed by atoms with Crippen LogP contribution in [0.5, 0.6) is 11.8 Å². The molecule has 0 aliphatic carbocycles. The second kappa shape index (κ2) is 28.8. The van der Waals surface area contributed by atoms with Crippen LogP contribution in [0.25, 0.3) is 101 Å². The second-order valence-electron chi connectivity index (χ2n) is 24.9. The van der Waals surface area contributed by atoms with Gasteiger partial charge >= 0.3 is 0 Å². The summed E-state index contributed by atoms with van der Waals surface area (Å²) < 4.78 is 34.3. The third kappa shape index (κ3) is 15.6. The molecule has 24 heteroatoms. The highest BCUT2D eigenvalue weighted by Crippen LogP contribution is 2.36. The average Bonchev–Trinajstić information content (AvgIpc) is 1.84. The fraction of sp³-hybridized carbons (Fsp3) is 0.324. The van der Waals surface area contributed by atoms with Crippen LogP contribution in [0.15, 0.2) is 166 Å². The van der Waals surface area contributed by atoms with Crippen molar-refractivity contribution >= 4 is 5.82 Å². The van der Waals surface area contributed by atoms with Gasteiger partial charge in [-0.25, -0.2) is 19.9 Å². The fourth-order valence-corrected chi connectivity index (χ4v) is 11.6. The third-order valence-electron chi connectivity index (χ3n) is 17.0. The van der Waals surface area contributed by atoms with Gasteiger partial charge in [-0.1, -0.05) is 61.5 Å². The van der Waals surface area contributed by atoms with E-state index in [4.69, 9.17) is 38.9 Å². The lowest BCUT2D eigenvalue weighted by Gasteiger charge is -2.37. The van der Waals surface area contributed by atoms with Crippen LogP contribution in [-0.4, -0.2) is 147 Å². The summed E-state index contributed by atoms with van der Waals surface area (Å²) in [7, 11) is 11.4. The van der Waals surface area contributed by atoms with Crippen molar-refractivity contribution in [1.29, 1.82) is 0 Å². The molecule has 3 aliphatic heterocycles. The van der Waals surface area contributed by atoms with Crippen molar-refractivity contribution in [1.82, 2.24) is 93.9 Å². The molecule has 0 amide bonds. The molecule has 9 aromatic heterocycles. The number of aryl methyl sites for hydroxylation is 6. The van der Waals surface area contributed by atoms with Crippen LogP contribution in [0.4, 0.5) is 5.82 Å². The van der Waals surface area contributed by atoms with Crippen molar-refractivity contribution in [2.24, 2.45) is 53.6 Å². The van der Waals surface area contributed by atoms with E-state index in [0.29, 0.717) is 61.6 Å². The summed E-state index contributed by atoms with van der Waals surface area (Å²) >= 11 is 0. The van der Waals surface area contributed by atoms with E-state index in [2.05, 4.69) is 101 Å². The van der Waals surface area contributed by atoms with E-state index in [9.17, 15) is 0 Å². The summed E-state index contributed by atoms with van der Waals surface area (Å²) in [6.45, 7) is 8.41. The van der Waals surface area contributed by atoms with Gasteiger partial charge in [0.2, 0.25) is 11.8 Å². The average molecular weight is 1280 g/mol. The summed E-state index contributed by atoms with van der Waals surface area (Å²) in [5, 5.41) is 32.8. The van der Waals surface area contributed by atoms with Crippen molar-refractivity contribution in [2.75, 3.05) is 58.0 Å². The van der Waals surface area contributed by atoms with Gasteiger partial charge in [0.05, 0.1) is 74.2 Å². The highest BCUT2D eigenvalue weighted by atomic mass is 16.5. The number of piperidine rings is 1. The first-order valence-corrected chi connectivity index (χ1v) is 32.1. The standard InChI is InChI=1S/C24H28N8.C24H26N6O2.C23H24N6O2/c1-31-15-20(12-28-31)18-4-3-5-19(10-18)23-27-14-22(21-13-29-32(2)16-21)24(30-23)26-11-17-6-8-25-9-7-17;1-29-14-19(11-26-29)17-6-5-7-18(10-17)23-25-13-22(20-12-27-30(2)15-20)24(28-23)32-16-21-8-3-4-9-31-21;1-23(13-30-14-23)15-31-22-20(19-9-26-29(3)12-19)10-24-21(27-22)17-6-4-5-16(7-17)18-8-25-28(2)11-18/h3-5,10,12-17,25H,6-9,11H2,1-2H3,(H,26,27,30);5-7,10-15,21H,3-4,8-9,16H2,1-2H3;4-12H,13-15H2,1-3H3. The van der Waals surface area contributed by atoms with E-state index < -0.39 is 0 Å². The van der Waals surface area contributed by atoms with E-state index >= 15 is 0 Å². The molecule has 0 spiro atoms. The van der Waals surface area contributed by atoms with Crippen LogP contribution in [0.2, 0.25) is 0 Å². The maximum absolute atomic E-state index is 6.21. The lowest BCUT2D eigenvalue weighted by molar-refractivity contribution is -0.120. The molecule has 486 valence electrons.